The van der Waals surface area contributed by atoms with Crippen molar-refractivity contribution in [2.24, 2.45) is 0 Å². The highest BCUT2D eigenvalue weighted by atomic mass is 32.1. The zero-order valence-electron chi connectivity index (χ0n) is 12.1. The van der Waals surface area contributed by atoms with Crippen LogP contribution in [-0.4, -0.2) is 15.9 Å². The molecule has 1 atom stereocenters. The van der Waals surface area contributed by atoms with Crippen LogP contribution in [0, 0.1) is 0 Å². The van der Waals surface area contributed by atoms with Crippen LogP contribution < -0.4 is 5.32 Å². The van der Waals surface area contributed by atoms with Crippen molar-refractivity contribution in [3.8, 4) is 0 Å². The minimum atomic E-state index is 0.398. The van der Waals surface area contributed by atoms with E-state index in [0.29, 0.717) is 6.04 Å². The van der Waals surface area contributed by atoms with Gasteiger partial charge < -0.3 is 5.32 Å². The summed E-state index contributed by atoms with van der Waals surface area (Å²) in [6.07, 6.45) is 9.10. The molecule has 0 fully saturated rings. The Morgan fingerprint density at radius 2 is 2.38 bits per heavy atom. The summed E-state index contributed by atoms with van der Waals surface area (Å²) in [5.74, 6) is 0. The fourth-order valence-electron chi connectivity index (χ4n) is 3.13. The molecule has 1 unspecified atom stereocenters. The Morgan fingerprint density at radius 3 is 3.19 bits per heavy atom. The average molecular weight is 317 g/mol. The number of thiazole rings is 1. The SMILES string of the molecule is CCNC(Cc1cn2ccsc2n1)c1cc2c(s1)CCC2. The third-order valence-electron chi connectivity index (χ3n) is 4.12. The van der Waals surface area contributed by atoms with Crippen LogP contribution >= 0.6 is 22.7 Å². The lowest BCUT2D eigenvalue weighted by Crippen LogP contribution is -2.22. The highest BCUT2D eigenvalue weighted by Crippen LogP contribution is 2.34. The van der Waals surface area contributed by atoms with Crippen LogP contribution in [0.1, 0.15) is 40.4 Å². The summed E-state index contributed by atoms with van der Waals surface area (Å²) < 4.78 is 2.12. The molecule has 3 heterocycles. The smallest absolute Gasteiger partial charge is 0.193 e. The molecule has 5 heteroatoms. The highest BCUT2D eigenvalue weighted by Gasteiger charge is 2.21. The molecule has 0 spiro atoms. The molecule has 0 aliphatic heterocycles. The van der Waals surface area contributed by atoms with E-state index in [1.165, 1.54) is 29.8 Å². The maximum Gasteiger partial charge on any atom is 0.193 e. The van der Waals surface area contributed by atoms with E-state index in [4.69, 9.17) is 4.98 Å². The van der Waals surface area contributed by atoms with E-state index in [1.807, 2.05) is 11.3 Å². The monoisotopic (exact) mass is 317 g/mol. The molecule has 0 radical (unpaired) electrons. The minimum absolute atomic E-state index is 0.398. The molecule has 3 aromatic heterocycles. The summed E-state index contributed by atoms with van der Waals surface area (Å²) in [5, 5.41) is 5.72. The Morgan fingerprint density at radius 1 is 1.43 bits per heavy atom. The first-order valence-corrected chi connectivity index (χ1v) is 9.29. The highest BCUT2D eigenvalue weighted by molar-refractivity contribution is 7.15. The van der Waals surface area contributed by atoms with E-state index in [0.717, 1.165) is 17.9 Å². The molecular formula is C16H19N3S2. The van der Waals surface area contributed by atoms with Gasteiger partial charge in [-0.15, -0.1) is 22.7 Å². The Hall–Kier alpha value is -1.17. The van der Waals surface area contributed by atoms with E-state index in [2.05, 4.69) is 40.5 Å². The van der Waals surface area contributed by atoms with Gasteiger partial charge in [0.15, 0.2) is 4.96 Å². The van der Waals surface area contributed by atoms with Gasteiger partial charge in [0.05, 0.1) is 5.69 Å². The topological polar surface area (TPSA) is 29.3 Å². The number of nitrogens with one attached hydrogen (secondary N) is 1. The molecule has 0 aromatic carbocycles. The predicted octanol–water partition coefficient (Wildman–Crippen LogP) is 3.84. The Labute approximate surface area is 132 Å². The summed E-state index contributed by atoms with van der Waals surface area (Å²) in [5.41, 5.74) is 2.77. The normalized spacial score (nSPS) is 15.7. The van der Waals surface area contributed by atoms with E-state index in [9.17, 15) is 0 Å². The van der Waals surface area contributed by atoms with E-state index >= 15 is 0 Å². The second kappa shape index (κ2) is 5.55. The van der Waals surface area contributed by atoms with Crippen molar-refractivity contribution in [2.75, 3.05) is 6.54 Å². The molecule has 0 saturated heterocycles. The largest absolute Gasteiger partial charge is 0.309 e. The lowest BCUT2D eigenvalue weighted by atomic mass is 10.1. The number of thiophene rings is 1. The molecule has 3 nitrogen and oxygen atoms in total. The van der Waals surface area contributed by atoms with Gasteiger partial charge in [-0.3, -0.25) is 4.40 Å². The van der Waals surface area contributed by atoms with Gasteiger partial charge >= 0.3 is 0 Å². The fraction of sp³-hybridized carbons (Fsp3) is 0.438. The van der Waals surface area contributed by atoms with E-state index in [-0.39, 0.29) is 0 Å². The summed E-state index contributed by atoms with van der Waals surface area (Å²) in [6, 6.07) is 2.83. The third-order valence-corrected chi connectivity index (χ3v) is 6.24. The molecule has 1 aliphatic carbocycles. The molecule has 110 valence electrons. The molecule has 21 heavy (non-hydrogen) atoms. The second-order valence-electron chi connectivity index (χ2n) is 5.59. The number of fused-ring (bicyclic) bond motifs is 2. The number of rotatable bonds is 5. The quantitative estimate of drug-likeness (QED) is 0.775. The van der Waals surface area contributed by atoms with Crippen LogP contribution in [0.3, 0.4) is 0 Å². The lowest BCUT2D eigenvalue weighted by Gasteiger charge is -2.15. The first kappa shape index (κ1) is 13.5. The number of imidazole rings is 1. The summed E-state index contributed by atoms with van der Waals surface area (Å²) in [4.78, 5) is 8.92. The van der Waals surface area contributed by atoms with Crippen molar-refractivity contribution >= 4 is 27.6 Å². The summed E-state index contributed by atoms with van der Waals surface area (Å²) in [7, 11) is 0. The van der Waals surface area contributed by atoms with Crippen molar-refractivity contribution < 1.29 is 0 Å². The lowest BCUT2D eigenvalue weighted by molar-refractivity contribution is 0.553. The Balaban J connectivity index is 1.59. The first-order chi connectivity index (χ1) is 10.3. The van der Waals surface area contributed by atoms with Crippen LogP contribution in [0.4, 0.5) is 0 Å². The van der Waals surface area contributed by atoms with Gasteiger partial charge in [0.2, 0.25) is 0 Å². The molecule has 0 amide bonds. The molecule has 1 aliphatic rings. The van der Waals surface area contributed by atoms with Crippen LogP contribution in [0.5, 0.6) is 0 Å². The van der Waals surface area contributed by atoms with Crippen molar-refractivity contribution in [1.82, 2.24) is 14.7 Å². The molecule has 4 rings (SSSR count). The number of hydrogen-bond donors (Lipinski definition) is 1. The average Bonchev–Trinajstić information content (AvgIpc) is 3.16. The number of likely N-dealkylation sites (N-methyl/N-ethyl adjacent to an activating group) is 1. The number of nitrogens with zero attached hydrogens (tertiary/aromatic N) is 2. The Kier molecular flexibility index (Phi) is 3.57. The van der Waals surface area contributed by atoms with Crippen LogP contribution in [0.25, 0.3) is 4.96 Å². The molecule has 3 aromatic rings. The van der Waals surface area contributed by atoms with Gasteiger partial charge in [-0.2, -0.15) is 0 Å². The van der Waals surface area contributed by atoms with Crippen molar-refractivity contribution in [1.29, 1.82) is 0 Å². The number of aryl methyl sites for hydroxylation is 2. The maximum atomic E-state index is 4.73. The van der Waals surface area contributed by atoms with E-state index < -0.39 is 0 Å². The standard InChI is InChI=1S/C16H19N3S2/c1-2-17-13(15-8-11-4-3-5-14(11)21-15)9-12-10-19-6-7-20-16(19)18-12/h6-8,10,13,17H,2-5,9H2,1H3. The van der Waals surface area contributed by atoms with Gasteiger partial charge in [-0.25, -0.2) is 4.98 Å². The van der Waals surface area contributed by atoms with Crippen LogP contribution in [0.2, 0.25) is 0 Å². The minimum Gasteiger partial charge on any atom is -0.309 e. The molecular weight excluding hydrogens is 298 g/mol. The van der Waals surface area contributed by atoms with Crippen LogP contribution in [0.15, 0.2) is 23.8 Å². The fourth-order valence-corrected chi connectivity index (χ4v) is 5.18. The summed E-state index contributed by atoms with van der Waals surface area (Å²) in [6.45, 7) is 3.18. The van der Waals surface area contributed by atoms with Crippen molar-refractivity contribution in [3.05, 3.63) is 44.9 Å². The van der Waals surface area contributed by atoms with Crippen LogP contribution in [-0.2, 0) is 19.3 Å². The maximum absolute atomic E-state index is 4.73. The molecule has 0 saturated carbocycles. The second-order valence-corrected chi connectivity index (χ2v) is 7.63. The first-order valence-electron chi connectivity index (χ1n) is 7.59. The zero-order valence-corrected chi connectivity index (χ0v) is 13.8. The van der Waals surface area contributed by atoms with Crippen molar-refractivity contribution in [2.45, 2.75) is 38.6 Å². The van der Waals surface area contributed by atoms with Crippen molar-refractivity contribution in [3.63, 3.8) is 0 Å². The zero-order chi connectivity index (χ0) is 14.2. The van der Waals surface area contributed by atoms with Gasteiger partial charge in [-0.1, -0.05) is 6.92 Å². The Bertz CT molecular complexity index is 703. The number of hydrogen-bond acceptors (Lipinski definition) is 4. The van der Waals surface area contributed by atoms with Gasteiger partial charge in [0, 0.05) is 40.0 Å². The van der Waals surface area contributed by atoms with E-state index in [1.54, 1.807) is 21.8 Å². The third kappa shape index (κ3) is 2.54. The van der Waals surface area contributed by atoms with Gasteiger partial charge in [0.1, 0.15) is 0 Å². The number of aromatic nitrogens is 2. The molecule has 0 bridgehead atoms. The van der Waals surface area contributed by atoms with Gasteiger partial charge in [-0.05, 0) is 37.4 Å². The predicted molar refractivity (Wildman–Crippen MR) is 89.5 cm³/mol. The summed E-state index contributed by atoms with van der Waals surface area (Å²) >= 11 is 3.70. The van der Waals surface area contributed by atoms with Gasteiger partial charge in [0.25, 0.3) is 0 Å². The molecule has 1 N–H and O–H groups in total.